The van der Waals surface area contributed by atoms with E-state index >= 15 is 0 Å². The minimum Gasteiger partial charge on any atom is -0.380 e. The highest BCUT2D eigenvalue weighted by atomic mass is 32.2. The van der Waals surface area contributed by atoms with Crippen LogP contribution in [0.5, 0.6) is 5.75 Å². The first-order valence-electron chi connectivity index (χ1n) is 8.43. The number of benzene rings is 1. The number of hydrogen-bond donors (Lipinski definition) is 0. The highest BCUT2D eigenvalue weighted by molar-refractivity contribution is 7.87. The molecule has 0 bridgehead atoms. The van der Waals surface area contributed by atoms with E-state index in [1.54, 1.807) is 18.2 Å². The molecule has 1 spiro atoms. The summed E-state index contributed by atoms with van der Waals surface area (Å²) in [5, 5.41) is 10.8. The molecule has 1 aromatic carbocycles. The number of para-hydroxylation sites is 2. The van der Waals surface area contributed by atoms with Gasteiger partial charge < -0.3 is 4.18 Å². The van der Waals surface area contributed by atoms with Crippen molar-refractivity contribution in [3.05, 3.63) is 30.6 Å². The molecule has 0 N–H and O–H groups in total. The summed E-state index contributed by atoms with van der Waals surface area (Å²) in [7, 11) is -3.86. The van der Waals surface area contributed by atoms with E-state index in [0.717, 1.165) is 0 Å². The lowest BCUT2D eigenvalue weighted by atomic mass is 9.80. The predicted octanol–water partition coefficient (Wildman–Crippen LogP) is 2.59. The van der Waals surface area contributed by atoms with Crippen LogP contribution in [0, 0.1) is 11.3 Å². The summed E-state index contributed by atoms with van der Waals surface area (Å²) in [6.45, 7) is 0. The van der Waals surface area contributed by atoms with E-state index in [-0.39, 0.29) is 23.8 Å². The van der Waals surface area contributed by atoms with Gasteiger partial charge >= 0.3 is 10.1 Å². The van der Waals surface area contributed by atoms with Crippen molar-refractivity contribution in [2.75, 3.05) is 5.75 Å². The lowest BCUT2D eigenvalue weighted by Gasteiger charge is -2.28. The minimum atomic E-state index is -3.86. The van der Waals surface area contributed by atoms with Gasteiger partial charge in [-0.3, -0.25) is 0 Å². The molecule has 0 saturated heterocycles. The average molecular weight is 384 g/mol. The molecular weight excluding hydrogens is 366 g/mol. The summed E-state index contributed by atoms with van der Waals surface area (Å²) in [6.07, 6.45) is 2.99. The van der Waals surface area contributed by atoms with Crippen LogP contribution >= 0.6 is 0 Å². The van der Waals surface area contributed by atoms with Crippen LogP contribution in [-0.2, 0) is 10.1 Å². The number of rotatable bonds is 5. The fourth-order valence-electron chi connectivity index (χ4n) is 3.77. The molecule has 0 radical (unpaired) electrons. The quantitative estimate of drug-likeness (QED) is 0.737. The van der Waals surface area contributed by atoms with Gasteiger partial charge in [0.05, 0.1) is 5.75 Å². The molecule has 0 aliphatic heterocycles. The number of halogens is 2. The third-order valence-corrected chi connectivity index (χ3v) is 6.70. The van der Waals surface area contributed by atoms with Gasteiger partial charge in [0, 0.05) is 11.8 Å². The van der Waals surface area contributed by atoms with Gasteiger partial charge in [0.15, 0.2) is 5.75 Å². The average Bonchev–Trinajstić information content (AvgIpc) is 2.93. The van der Waals surface area contributed by atoms with Crippen LogP contribution in [-0.4, -0.2) is 40.3 Å². The Labute approximate surface area is 149 Å². The lowest BCUT2D eigenvalue weighted by molar-refractivity contribution is 0.0421. The first-order chi connectivity index (χ1) is 12.3. The first-order valence-corrected chi connectivity index (χ1v) is 10.0. The molecule has 0 amide bonds. The smallest absolute Gasteiger partial charge is 0.309 e. The van der Waals surface area contributed by atoms with Crippen LogP contribution in [0.4, 0.5) is 8.78 Å². The lowest BCUT2D eigenvalue weighted by Crippen LogP contribution is -2.27. The number of nitrogens with zero attached hydrogens (tertiary/aromatic N) is 4. The van der Waals surface area contributed by atoms with E-state index < -0.39 is 21.5 Å². The summed E-state index contributed by atoms with van der Waals surface area (Å²) < 4.78 is 58.4. The summed E-state index contributed by atoms with van der Waals surface area (Å²) in [6, 6.07) is 6.53. The standard InChI is InChI=1S/C16H18F2N4O3S/c17-16(18)10-15(16)7-5-12(6-8-15)9-26(23,24)25-14-4-2-1-3-13(14)22-11-19-20-21-22/h1-4,11-12H,5-10H2. The topological polar surface area (TPSA) is 87.0 Å². The van der Waals surface area contributed by atoms with E-state index in [2.05, 4.69) is 15.5 Å². The highest BCUT2D eigenvalue weighted by Crippen LogP contribution is 2.67. The normalized spacial score (nSPS) is 27.4. The van der Waals surface area contributed by atoms with Gasteiger partial charge in [0.1, 0.15) is 12.0 Å². The van der Waals surface area contributed by atoms with Gasteiger partial charge in [-0.25, -0.2) is 8.78 Å². The van der Waals surface area contributed by atoms with Crippen molar-refractivity contribution in [2.45, 2.75) is 38.0 Å². The molecule has 1 aromatic heterocycles. The van der Waals surface area contributed by atoms with Crippen LogP contribution < -0.4 is 4.18 Å². The molecule has 2 aliphatic carbocycles. The molecule has 4 rings (SSSR count). The third-order valence-electron chi connectivity index (χ3n) is 5.39. The molecule has 0 atom stereocenters. The molecule has 7 nitrogen and oxygen atoms in total. The number of alkyl halides is 2. The van der Waals surface area contributed by atoms with Crippen molar-refractivity contribution in [1.82, 2.24) is 20.2 Å². The summed E-state index contributed by atoms with van der Waals surface area (Å²) in [5.74, 6) is -2.79. The van der Waals surface area contributed by atoms with Gasteiger partial charge in [-0.05, 0) is 54.2 Å². The van der Waals surface area contributed by atoms with Crippen LogP contribution in [0.1, 0.15) is 32.1 Å². The SMILES string of the molecule is O=S(=O)(CC1CCC2(CC1)CC2(F)F)Oc1ccccc1-n1cnnn1. The molecule has 2 aromatic rings. The Balaban J connectivity index is 1.43. The number of tetrazole rings is 1. The molecule has 2 fully saturated rings. The van der Waals surface area contributed by atoms with Crippen molar-refractivity contribution in [1.29, 1.82) is 0 Å². The Kier molecular flexibility index (Phi) is 3.98. The zero-order valence-electron chi connectivity index (χ0n) is 13.9. The van der Waals surface area contributed by atoms with Crippen LogP contribution in [0.2, 0.25) is 0 Å². The van der Waals surface area contributed by atoms with Crippen molar-refractivity contribution in [3.63, 3.8) is 0 Å². The van der Waals surface area contributed by atoms with Crippen molar-refractivity contribution < 1.29 is 21.4 Å². The fourth-order valence-corrected chi connectivity index (χ4v) is 5.16. The van der Waals surface area contributed by atoms with Gasteiger partial charge in [0.2, 0.25) is 0 Å². The van der Waals surface area contributed by atoms with E-state index in [0.29, 0.717) is 31.4 Å². The molecular formula is C16H18F2N4O3S. The molecule has 26 heavy (non-hydrogen) atoms. The maximum Gasteiger partial charge on any atom is 0.309 e. The summed E-state index contributed by atoms with van der Waals surface area (Å²) in [4.78, 5) is 0. The van der Waals surface area contributed by atoms with Gasteiger partial charge in [0.25, 0.3) is 5.92 Å². The monoisotopic (exact) mass is 384 g/mol. The van der Waals surface area contributed by atoms with Gasteiger partial charge in [-0.2, -0.15) is 13.1 Å². The van der Waals surface area contributed by atoms with Crippen LogP contribution in [0.15, 0.2) is 30.6 Å². The molecule has 10 heteroatoms. The Morgan fingerprint density at radius 2 is 1.92 bits per heavy atom. The summed E-state index contributed by atoms with van der Waals surface area (Å²) >= 11 is 0. The maximum atomic E-state index is 13.4. The number of aromatic nitrogens is 4. The molecule has 2 saturated carbocycles. The van der Waals surface area contributed by atoms with Gasteiger partial charge in [-0.15, -0.1) is 5.10 Å². The Morgan fingerprint density at radius 3 is 2.54 bits per heavy atom. The van der Waals surface area contributed by atoms with Crippen molar-refractivity contribution >= 4 is 10.1 Å². The fraction of sp³-hybridized carbons (Fsp3) is 0.562. The Hall–Kier alpha value is -2.10. The summed E-state index contributed by atoms with van der Waals surface area (Å²) in [5.41, 5.74) is -0.470. The molecule has 2 aliphatic rings. The van der Waals surface area contributed by atoms with E-state index in [9.17, 15) is 17.2 Å². The second-order valence-corrected chi connectivity index (χ2v) is 8.75. The Morgan fingerprint density at radius 1 is 1.23 bits per heavy atom. The predicted molar refractivity (Wildman–Crippen MR) is 87.5 cm³/mol. The second-order valence-electron chi connectivity index (χ2n) is 7.13. The zero-order chi connectivity index (χ0) is 18.4. The zero-order valence-corrected chi connectivity index (χ0v) is 14.7. The highest BCUT2D eigenvalue weighted by Gasteiger charge is 2.70. The largest absolute Gasteiger partial charge is 0.380 e. The van der Waals surface area contributed by atoms with Crippen molar-refractivity contribution in [2.24, 2.45) is 11.3 Å². The molecule has 140 valence electrons. The van der Waals surface area contributed by atoms with E-state index in [1.807, 2.05) is 0 Å². The maximum absolute atomic E-state index is 13.4. The van der Waals surface area contributed by atoms with Crippen LogP contribution in [0.25, 0.3) is 5.69 Å². The first kappa shape index (κ1) is 17.3. The van der Waals surface area contributed by atoms with Crippen LogP contribution in [0.3, 0.4) is 0 Å². The molecule has 0 unspecified atom stereocenters. The van der Waals surface area contributed by atoms with E-state index in [1.165, 1.54) is 17.1 Å². The van der Waals surface area contributed by atoms with Gasteiger partial charge in [-0.1, -0.05) is 12.1 Å². The van der Waals surface area contributed by atoms with Crippen molar-refractivity contribution in [3.8, 4) is 11.4 Å². The second kappa shape index (κ2) is 5.97. The number of hydrogen-bond acceptors (Lipinski definition) is 6. The van der Waals surface area contributed by atoms with E-state index in [4.69, 9.17) is 4.18 Å². The molecule has 1 heterocycles. The third kappa shape index (κ3) is 3.17. The Bertz CT molecular complexity index is 894. The minimum absolute atomic E-state index is 0.0602.